The molecule has 0 saturated heterocycles. The molecule has 0 aromatic carbocycles. The van der Waals surface area contributed by atoms with E-state index in [-0.39, 0.29) is 88.4 Å². The first-order chi connectivity index (χ1) is 0. The van der Waals surface area contributed by atoms with Gasteiger partial charge in [0, 0.05) is 0 Å². The third-order valence-electron chi connectivity index (χ3n) is 0. The van der Waals surface area contributed by atoms with Gasteiger partial charge in [0.2, 0.25) is 0 Å². The van der Waals surface area contributed by atoms with Crippen molar-refractivity contribution >= 4 is 71.0 Å². The number of rotatable bonds is 0. The fourth-order valence-corrected chi connectivity index (χ4v) is 0. The van der Waals surface area contributed by atoms with E-state index in [0.717, 1.165) is 0 Å². The zero-order valence-corrected chi connectivity index (χ0v) is 9.90. The van der Waals surface area contributed by atoms with Crippen LogP contribution in [-0.4, -0.2) is 71.0 Å². The van der Waals surface area contributed by atoms with Gasteiger partial charge in [-0.15, -0.1) is 0 Å². The summed E-state index contributed by atoms with van der Waals surface area (Å²) < 4.78 is 0. The maximum absolute atomic E-state index is 0. The summed E-state index contributed by atoms with van der Waals surface area (Å²) in [7, 11) is 0. The smallest absolute Gasteiger partial charge is 2.00 e. The summed E-state index contributed by atoms with van der Waals surface area (Å²) >= 11 is 0. The van der Waals surface area contributed by atoms with Crippen LogP contribution in [0.3, 0.4) is 0 Å². The van der Waals surface area contributed by atoms with Gasteiger partial charge in [0.15, 0.2) is 0 Å². The molecule has 5 radical (unpaired) electrons. The van der Waals surface area contributed by atoms with Gasteiger partial charge >= 0.3 is 41.0 Å². The van der Waals surface area contributed by atoms with Crippen molar-refractivity contribution in [2.75, 3.05) is 0 Å². The summed E-state index contributed by atoms with van der Waals surface area (Å²) in [4.78, 5) is 0. The zero-order chi connectivity index (χ0) is 0. The molecule has 0 spiro atoms. The zero-order valence-electron chi connectivity index (χ0n) is 1.63. The topological polar surface area (TPSA) is 0 Å². The molecule has 4 heavy (non-hydrogen) atoms. The minimum absolute atomic E-state index is 0. The molecule has 0 aliphatic heterocycles. The molecule has 0 amide bonds. The van der Waals surface area contributed by atoms with E-state index in [0.29, 0.717) is 0 Å². The molecule has 4 heteroatoms. The first-order valence-electron chi connectivity index (χ1n) is 0. The van der Waals surface area contributed by atoms with E-state index in [1.54, 1.807) is 0 Å². The van der Waals surface area contributed by atoms with E-state index in [2.05, 4.69) is 0 Å². The van der Waals surface area contributed by atoms with Crippen LogP contribution in [0.1, 0.15) is 0 Å². The van der Waals surface area contributed by atoms with Crippen molar-refractivity contribution in [1.29, 1.82) is 0 Å². The Morgan fingerprint density at radius 2 is 0.750 bits per heavy atom. The van der Waals surface area contributed by atoms with Crippen LogP contribution in [0.15, 0.2) is 0 Å². The van der Waals surface area contributed by atoms with Crippen LogP contribution in [0, 0.1) is 0 Å². The van der Waals surface area contributed by atoms with Gasteiger partial charge in [-0.05, 0) is 0 Å². The quantitative estimate of drug-likeness (QED) is 0.423. The standard InChI is InChI=1S/Cr.3Te/q+3;2*-2;+2. The van der Waals surface area contributed by atoms with Crippen LogP contribution in [0.4, 0.5) is 0 Å². The minimum Gasteiger partial charge on any atom is -2.00 e. The van der Waals surface area contributed by atoms with Gasteiger partial charge in [-0.1, -0.05) is 0 Å². The Kier molecular flexibility index (Phi) is 120. The SMILES string of the molecule is [Cr+3].[Te+2].[Te-2].[Te-2]. The van der Waals surface area contributed by atoms with E-state index in [4.69, 9.17) is 0 Å². The van der Waals surface area contributed by atoms with Crippen LogP contribution < -0.4 is 0 Å². The normalized spacial score (nSPS) is 0. The van der Waals surface area contributed by atoms with Gasteiger partial charge in [0.1, 0.15) is 0 Å². The van der Waals surface area contributed by atoms with Crippen molar-refractivity contribution in [3.63, 3.8) is 0 Å². The summed E-state index contributed by atoms with van der Waals surface area (Å²) in [5.41, 5.74) is 0. The van der Waals surface area contributed by atoms with E-state index >= 15 is 0 Å². The van der Waals surface area contributed by atoms with Gasteiger partial charge in [-0.25, -0.2) is 0 Å². The molecule has 0 bridgehead atoms. The molecule has 0 atom stereocenters. The predicted octanol–water partition coefficient (Wildman–Crippen LogP) is -1.14. The van der Waals surface area contributed by atoms with Crippen molar-refractivity contribution in [2.24, 2.45) is 0 Å². The molecular formula is CrTe3+. The van der Waals surface area contributed by atoms with Crippen molar-refractivity contribution in [1.82, 2.24) is 0 Å². The molecule has 0 fully saturated rings. The van der Waals surface area contributed by atoms with Gasteiger partial charge in [0.05, 0.1) is 0 Å². The van der Waals surface area contributed by atoms with Crippen LogP contribution in [0.25, 0.3) is 0 Å². The summed E-state index contributed by atoms with van der Waals surface area (Å²) in [5, 5.41) is 0. The van der Waals surface area contributed by atoms with Gasteiger partial charge in [-0.2, -0.15) is 0 Å². The molecule has 0 rings (SSSR count). The fourth-order valence-electron chi connectivity index (χ4n) is 0. The molecule has 0 unspecified atom stereocenters. The second-order valence-electron chi connectivity index (χ2n) is 0. The van der Waals surface area contributed by atoms with E-state index < -0.39 is 0 Å². The molecule has 0 aliphatic carbocycles. The molecule has 23 valence electrons. The molecule has 0 heterocycles. The number of hydrogen-bond acceptors (Lipinski definition) is 0. The first kappa shape index (κ1) is 28.6. The summed E-state index contributed by atoms with van der Waals surface area (Å²) in [6.45, 7) is 0. The van der Waals surface area contributed by atoms with Crippen LogP contribution in [0.5, 0.6) is 0 Å². The predicted molar refractivity (Wildman–Crippen MR) is 17.3 cm³/mol. The van der Waals surface area contributed by atoms with Crippen molar-refractivity contribution in [3.05, 3.63) is 0 Å². The van der Waals surface area contributed by atoms with Crippen molar-refractivity contribution < 1.29 is 17.4 Å². The maximum atomic E-state index is 0. The van der Waals surface area contributed by atoms with E-state index in [1.165, 1.54) is 0 Å². The second-order valence-corrected chi connectivity index (χ2v) is 0. The van der Waals surface area contributed by atoms with Gasteiger partial charge in [0.25, 0.3) is 0 Å². The Morgan fingerprint density at radius 1 is 0.750 bits per heavy atom. The van der Waals surface area contributed by atoms with E-state index in [9.17, 15) is 0 Å². The second kappa shape index (κ2) is 16.8. The molecule has 0 aromatic heterocycles. The average Bonchev–Trinajstić information content (AvgIpc) is 0. The number of hydrogen-bond donors (Lipinski definition) is 0. The molecular weight excluding hydrogens is 435 g/mol. The largest absolute Gasteiger partial charge is 3.00 e. The minimum atomic E-state index is 0. The Morgan fingerprint density at radius 3 is 0.750 bits per heavy atom. The molecule has 0 aromatic rings. The van der Waals surface area contributed by atoms with Crippen molar-refractivity contribution in [3.8, 4) is 0 Å². The third kappa shape index (κ3) is 8.86. The van der Waals surface area contributed by atoms with Gasteiger partial charge < -0.3 is 47.3 Å². The summed E-state index contributed by atoms with van der Waals surface area (Å²) in [5.74, 6) is 0. The molecule has 0 saturated carbocycles. The van der Waals surface area contributed by atoms with Gasteiger partial charge in [-0.3, -0.25) is 0 Å². The maximum Gasteiger partial charge on any atom is 3.00 e. The van der Waals surface area contributed by atoms with Crippen LogP contribution in [-0.2, 0) is 17.4 Å². The molecule has 0 N–H and O–H groups in total. The van der Waals surface area contributed by atoms with Crippen LogP contribution in [0.2, 0.25) is 0 Å². The molecule has 0 nitrogen and oxygen atoms in total. The third-order valence-corrected chi connectivity index (χ3v) is 0. The Labute approximate surface area is 86.8 Å². The average molecular weight is 435 g/mol. The van der Waals surface area contributed by atoms with E-state index in [1.807, 2.05) is 0 Å². The summed E-state index contributed by atoms with van der Waals surface area (Å²) in [6.07, 6.45) is 0. The monoisotopic (exact) mass is 442 g/mol. The fraction of sp³-hybridized carbons (Fsp3) is 0. The van der Waals surface area contributed by atoms with Crippen molar-refractivity contribution in [2.45, 2.75) is 0 Å². The van der Waals surface area contributed by atoms with Crippen LogP contribution >= 0.6 is 0 Å². The first-order valence-corrected chi connectivity index (χ1v) is 0. The summed E-state index contributed by atoms with van der Waals surface area (Å²) in [6, 6.07) is 0. The Hall–Kier alpha value is 2.90. The Bertz CT molecular complexity index is 3.25. The Balaban J connectivity index is 0. The molecule has 0 aliphatic rings.